The summed E-state index contributed by atoms with van der Waals surface area (Å²) in [5.74, 6) is 1.04. The second-order valence-corrected chi connectivity index (χ2v) is 7.74. The van der Waals surface area contributed by atoms with Crippen molar-refractivity contribution in [3.8, 4) is 11.1 Å². The van der Waals surface area contributed by atoms with E-state index in [0.717, 1.165) is 39.1 Å². The Bertz CT molecular complexity index is 972. The van der Waals surface area contributed by atoms with Crippen LogP contribution < -0.4 is 5.32 Å². The van der Waals surface area contributed by atoms with E-state index in [9.17, 15) is 4.79 Å². The molecule has 1 fully saturated rings. The summed E-state index contributed by atoms with van der Waals surface area (Å²) in [7, 11) is 3.75. The van der Waals surface area contributed by atoms with Crippen LogP contribution in [-0.4, -0.2) is 25.5 Å². The van der Waals surface area contributed by atoms with Gasteiger partial charge < -0.3 is 5.32 Å². The molecule has 1 saturated carbocycles. The summed E-state index contributed by atoms with van der Waals surface area (Å²) in [5, 5.41) is 11.8. The molecular formula is C19H20BrN5O. The number of benzene rings is 1. The van der Waals surface area contributed by atoms with Gasteiger partial charge in [-0.25, -0.2) is 0 Å². The summed E-state index contributed by atoms with van der Waals surface area (Å²) in [6.07, 6.45) is 4.70. The number of hydrogen-bond acceptors (Lipinski definition) is 3. The van der Waals surface area contributed by atoms with Crippen LogP contribution in [0.2, 0.25) is 0 Å². The van der Waals surface area contributed by atoms with Gasteiger partial charge >= 0.3 is 0 Å². The average molecular weight is 414 g/mol. The maximum absolute atomic E-state index is 12.8. The summed E-state index contributed by atoms with van der Waals surface area (Å²) in [6, 6.07) is 8.04. The first-order valence-corrected chi connectivity index (χ1v) is 9.32. The summed E-state index contributed by atoms with van der Waals surface area (Å²) in [4.78, 5) is 12.8. The van der Waals surface area contributed by atoms with Gasteiger partial charge in [-0.1, -0.05) is 28.1 Å². The quantitative estimate of drug-likeness (QED) is 0.709. The van der Waals surface area contributed by atoms with Gasteiger partial charge in [0.1, 0.15) is 5.82 Å². The minimum atomic E-state index is -0.00725. The minimum Gasteiger partial charge on any atom is -0.310 e. The summed E-state index contributed by atoms with van der Waals surface area (Å²) >= 11 is 3.46. The molecule has 2 heterocycles. The number of nitrogens with zero attached hydrogens (tertiary/aromatic N) is 4. The first-order valence-electron chi connectivity index (χ1n) is 8.53. The van der Waals surface area contributed by atoms with E-state index >= 15 is 0 Å². The molecule has 0 radical (unpaired) electrons. The molecule has 1 N–H and O–H groups in total. The fourth-order valence-electron chi connectivity index (χ4n) is 3.46. The molecule has 2 atom stereocenters. The zero-order valence-electron chi connectivity index (χ0n) is 14.9. The van der Waals surface area contributed by atoms with Crippen LogP contribution in [0.1, 0.15) is 23.6 Å². The first-order chi connectivity index (χ1) is 12.4. The second kappa shape index (κ2) is 6.39. The van der Waals surface area contributed by atoms with Crippen LogP contribution in [0, 0.1) is 12.8 Å². The fraction of sp³-hybridized carbons (Fsp3) is 0.316. The number of aromatic nitrogens is 4. The molecule has 1 aliphatic carbocycles. The van der Waals surface area contributed by atoms with Crippen LogP contribution in [0.3, 0.4) is 0 Å². The number of anilines is 1. The van der Waals surface area contributed by atoms with Crippen LogP contribution >= 0.6 is 15.9 Å². The minimum absolute atomic E-state index is 0.00725. The van der Waals surface area contributed by atoms with Gasteiger partial charge in [0.15, 0.2) is 0 Å². The van der Waals surface area contributed by atoms with Crippen molar-refractivity contribution in [2.75, 3.05) is 5.32 Å². The predicted octanol–water partition coefficient (Wildman–Crippen LogP) is 3.63. The van der Waals surface area contributed by atoms with Crippen LogP contribution in [0.25, 0.3) is 11.1 Å². The van der Waals surface area contributed by atoms with Gasteiger partial charge in [0, 0.05) is 36.2 Å². The van der Waals surface area contributed by atoms with Gasteiger partial charge in [-0.05, 0) is 42.5 Å². The number of aryl methyl sites for hydroxylation is 3. The molecule has 2 aromatic heterocycles. The number of amides is 1. The lowest BCUT2D eigenvalue weighted by molar-refractivity contribution is -0.117. The lowest BCUT2D eigenvalue weighted by atomic mass is 10.1. The highest BCUT2D eigenvalue weighted by atomic mass is 79.9. The SMILES string of the molecule is Cc1nn(C)c(NC(=O)C2CC2c2cnn(C)c2)c1-c1ccc(Br)cc1. The number of carbonyl (C=O) groups is 1. The number of hydrogen-bond donors (Lipinski definition) is 1. The van der Waals surface area contributed by atoms with Gasteiger partial charge in [0.25, 0.3) is 0 Å². The molecule has 0 spiro atoms. The molecule has 6 nitrogen and oxygen atoms in total. The zero-order chi connectivity index (χ0) is 18.4. The van der Waals surface area contributed by atoms with E-state index in [0.29, 0.717) is 0 Å². The molecule has 1 aromatic carbocycles. The van der Waals surface area contributed by atoms with Crippen molar-refractivity contribution in [1.82, 2.24) is 19.6 Å². The Kier molecular flexibility index (Phi) is 4.19. The monoisotopic (exact) mass is 413 g/mol. The topological polar surface area (TPSA) is 64.7 Å². The largest absolute Gasteiger partial charge is 0.310 e. The van der Waals surface area contributed by atoms with Crippen molar-refractivity contribution in [2.45, 2.75) is 19.3 Å². The molecule has 134 valence electrons. The molecule has 4 rings (SSSR count). The van der Waals surface area contributed by atoms with Gasteiger partial charge in [0.2, 0.25) is 5.91 Å². The lowest BCUT2D eigenvalue weighted by Crippen LogP contribution is -2.17. The molecule has 0 aliphatic heterocycles. The highest BCUT2D eigenvalue weighted by molar-refractivity contribution is 9.10. The van der Waals surface area contributed by atoms with Crippen molar-refractivity contribution < 1.29 is 4.79 Å². The van der Waals surface area contributed by atoms with Crippen LogP contribution in [0.15, 0.2) is 41.1 Å². The van der Waals surface area contributed by atoms with Gasteiger partial charge in [0.05, 0.1) is 11.9 Å². The van der Waals surface area contributed by atoms with Crippen LogP contribution in [0.4, 0.5) is 5.82 Å². The van der Waals surface area contributed by atoms with Crippen molar-refractivity contribution in [3.63, 3.8) is 0 Å². The number of rotatable bonds is 4. The van der Waals surface area contributed by atoms with E-state index in [1.807, 2.05) is 57.7 Å². The van der Waals surface area contributed by atoms with Crippen LogP contribution in [0.5, 0.6) is 0 Å². The molecular weight excluding hydrogens is 394 g/mol. The molecule has 0 saturated heterocycles. The maximum atomic E-state index is 12.8. The molecule has 3 aromatic rings. The number of halogens is 1. The zero-order valence-corrected chi connectivity index (χ0v) is 16.5. The third-order valence-electron chi connectivity index (χ3n) is 4.88. The fourth-order valence-corrected chi connectivity index (χ4v) is 3.72. The molecule has 1 amide bonds. The maximum Gasteiger partial charge on any atom is 0.229 e. The second-order valence-electron chi connectivity index (χ2n) is 6.82. The third-order valence-corrected chi connectivity index (χ3v) is 5.41. The number of carbonyl (C=O) groups excluding carboxylic acids is 1. The Labute approximate surface area is 160 Å². The third kappa shape index (κ3) is 3.07. The Morgan fingerprint density at radius 2 is 2.00 bits per heavy atom. The molecule has 7 heteroatoms. The Balaban J connectivity index is 1.57. The smallest absolute Gasteiger partial charge is 0.229 e. The van der Waals surface area contributed by atoms with Crippen molar-refractivity contribution in [2.24, 2.45) is 20.0 Å². The highest BCUT2D eigenvalue weighted by Gasteiger charge is 2.45. The Hall–Kier alpha value is -2.41. The summed E-state index contributed by atoms with van der Waals surface area (Å²) in [5.41, 5.74) is 4.02. The highest BCUT2D eigenvalue weighted by Crippen LogP contribution is 2.48. The Morgan fingerprint density at radius 1 is 1.27 bits per heavy atom. The Morgan fingerprint density at radius 3 is 2.65 bits per heavy atom. The molecule has 26 heavy (non-hydrogen) atoms. The van der Waals surface area contributed by atoms with Gasteiger partial charge in [-0.2, -0.15) is 10.2 Å². The molecule has 0 bridgehead atoms. The van der Waals surface area contributed by atoms with E-state index in [4.69, 9.17) is 0 Å². The van der Waals surface area contributed by atoms with E-state index in [1.54, 1.807) is 9.36 Å². The van der Waals surface area contributed by atoms with Gasteiger partial charge in [-0.15, -0.1) is 0 Å². The molecule has 2 unspecified atom stereocenters. The standard InChI is InChI=1S/C19H20BrN5O/c1-11-17(12-4-6-14(20)7-5-12)18(25(3)23-11)22-19(26)16-8-15(16)13-9-21-24(2)10-13/h4-7,9-10,15-16H,8H2,1-3H3,(H,22,26). The van der Waals surface area contributed by atoms with Crippen molar-refractivity contribution in [3.05, 3.63) is 52.4 Å². The van der Waals surface area contributed by atoms with Gasteiger partial charge in [-0.3, -0.25) is 14.2 Å². The van der Waals surface area contributed by atoms with Crippen LogP contribution in [-0.2, 0) is 18.9 Å². The average Bonchev–Trinajstić information content (AvgIpc) is 3.21. The van der Waals surface area contributed by atoms with E-state index in [-0.39, 0.29) is 17.7 Å². The molecule has 1 aliphatic rings. The summed E-state index contributed by atoms with van der Waals surface area (Å²) in [6.45, 7) is 1.96. The normalized spacial score (nSPS) is 18.8. The number of nitrogens with one attached hydrogen (secondary N) is 1. The van der Waals surface area contributed by atoms with Crippen molar-refractivity contribution >= 4 is 27.7 Å². The lowest BCUT2D eigenvalue weighted by Gasteiger charge is -2.09. The first kappa shape index (κ1) is 17.0. The summed E-state index contributed by atoms with van der Waals surface area (Å²) < 4.78 is 4.54. The van der Waals surface area contributed by atoms with Crippen molar-refractivity contribution in [1.29, 1.82) is 0 Å². The van der Waals surface area contributed by atoms with E-state index in [1.165, 1.54) is 0 Å². The predicted molar refractivity (Wildman–Crippen MR) is 104 cm³/mol. The van der Waals surface area contributed by atoms with E-state index in [2.05, 4.69) is 31.4 Å². The van der Waals surface area contributed by atoms with E-state index < -0.39 is 0 Å².